The molecule has 0 amide bonds. The van der Waals surface area contributed by atoms with Gasteiger partial charge in [-0.1, -0.05) is 19.9 Å². The summed E-state index contributed by atoms with van der Waals surface area (Å²) in [6.45, 7) is 6.31. The Bertz CT molecular complexity index is 1150. The van der Waals surface area contributed by atoms with E-state index in [-0.39, 0.29) is 0 Å². The first kappa shape index (κ1) is 20.1. The molecule has 0 aliphatic rings. The highest BCUT2D eigenvalue weighted by atomic mass is 16.5. The van der Waals surface area contributed by atoms with Gasteiger partial charge in [0.25, 0.3) is 0 Å². The molecule has 0 fully saturated rings. The molecule has 3 heterocycles. The molecule has 0 atom stereocenters. The third-order valence-corrected chi connectivity index (χ3v) is 4.96. The summed E-state index contributed by atoms with van der Waals surface area (Å²) in [6.07, 6.45) is 4.27. The Balaban J connectivity index is 1.76. The van der Waals surface area contributed by atoms with Crippen molar-refractivity contribution in [1.29, 1.82) is 0 Å². The number of fused-ring (bicyclic) bond motifs is 3. The minimum Gasteiger partial charge on any atom is -0.489 e. The SMILES string of the molecule is COCCc1nc2c(N)nc3cc(OCc4cccnc4)ccc3c2n1CC(C)C. The van der Waals surface area contributed by atoms with Gasteiger partial charge in [-0.2, -0.15) is 0 Å². The number of nitrogens with two attached hydrogens (primary N) is 1. The van der Waals surface area contributed by atoms with Crippen LogP contribution in [-0.2, 0) is 24.3 Å². The zero-order valence-electron chi connectivity index (χ0n) is 17.6. The van der Waals surface area contributed by atoms with Gasteiger partial charge in [-0.15, -0.1) is 0 Å². The molecule has 1 aromatic carbocycles. The smallest absolute Gasteiger partial charge is 0.152 e. The number of rotatable bonds is 8. The highest BCUT2D eigenvalue weighted by Crippen LogP contribution is 2.32. The second kappa shape index (κ2) is 8.67. The second-order valence-electron chi connectivity index (χ2n) is 7.80. The summed E-state index contributed by atoms with van der Waals surface area (Å²) in [5, 5.41) is 1.02. The number of ether oxygens (including phenoxy) is 2. The molecule has 0 unspecified atom stereocenters. The van der Waals surface area contributed by atoms with Gasteiger partial charge in [0, 0.05) is 49.5 Å². The van der Waals surface area contributed by atoms with Gasteiger partial charge in [-0.3, -0.25) is 4.98 Å². The van der Waals surface area contributed by atoms with E-state index >= 15 is 0 Å². The lowest BCUT2D eigenvalue weighted by molar-refractivity contribution is 0.199. The first-order valence-electron chi connectivity index (χ1n) is 10.2. The first-order valence-corrected chi connectivity index (χ1v) is 10.2. The number of methoxy groups -OCH3 is 1. The predicted molar refractivity (Wildman–Crippen MR) is 118 cm³/mol. The maximum Gasteiger partial charge on any atom is 0.152 e. The quantitative estimate of drug-likeness (QED) is 0.477. The summed E-state index contributed by atoms with van der Waals surface area (Å²) in [7, 11) is 1.70. The topological polar surface area (TPSA) is 88.1 Å². The van der Waals surface area contributed by atoms with Gasteiger partial charge in [-0.25, -0.2) is 9.97 Å². The monoisotopic (exact) mass is 405 g/mol. The van der Waals surface area contributed by atoms with E-state index in [1.54, 1.807) is 19.5 Å². The van der Waals surface area contributed by atoms with E-state index in [1.165, 1.54) is 0 Å². The molecule has 4 rings (SSSR count). The molecule has 7 heteroatoms. The Labute approximate surface area is 175 Å². The number of aromatic nitrogens is 4. The minimum atomic E-state index is 0.433. The molecule has 0 radical (unpaired) electrons. The van der Waals surface area contributed by atoms with Crippen LogP contribution in [0.25, 0.3) is 21.9 Å². The number of nitrogens with zero attached hydrogens (tertiary/aromatic N) is 4. The van der Waals surface area contributed by atoms with E-state index in [0.717, 1.165) is 52.0 Å². The van der Waals surface area contributed by atoms with Gasteiger partial charge < -0.3 is 19.8 Å². The largest absolute Gasteiger partial charge is 0.489 e. The summed E-state index contributed by atoms with van der Waals surface area (Å²) in [6, 6.07) is 9.83. The summed E-state index contributed by atoms with van der Waals surface area (Å²) >= 11 is 0. The van der Waals surface area contributed by atoms with Gasteiger partial charge >= 0.3 is 0 Å². The second-order valence-corrected chi connectivity index (χ2v) is 7.80. The predicted octanol–water partition coefficient (Wildman–Crippen LogP) is 3.99. The van der Waals surface area contributed by atoms with Crippen molar-refractivity contribution < 1.29 is 9.47 Å². The molecule has 0 aliphatic carbocycles. The Morgan fingerprint density at radius 2 is 2.03 bits per heavy atom. The molecule has 7 nitrogen and oxygen atoms in total. The summed E-state index contributed by atoms with van der Waals surface area (Å²) in [5.74, 6) is 2.61. The van der Waals surface area contributed by atoms with Gasteiger partial charge in [0.05, 0.1) is 17.6 Å². The van der Waals surface area contributed by atoms with E-state index in [2.05, 4.69) is 28.4 Å². The van der Waals surface area contributed by atoms with E-state index in [1.807, 2.05) is 30.3 Å². The average Bonchev–Trinajstić information content (AvgIpc) is 3.10. The van der Waals surface area contributed by atoms with Crippen LogP contribution in [0.15, 0.2) is 42.7 Å². The van der Waals surface area contributed by atoms with Crippen molar-refractivity contribution in [3.8, 4) is 5.75 Å². The number of hydrogen-bond donors (Lipinski definition) is 1. The number of pyridine rings is 2. The lowest BCUT2D eigenvalue weighted by atomic mass is 10.1. The fourth-order valence-electron chi connectivity index (χ4n) is 3.62. The van der Waals surface area contributed by atoms with Crippen LogP contribution in [0, 0.1) is 5.92 Å². The van der Waals surface area contributed by atoms with Gasteiger partial charge in [0.15, 0.2) is 5.82 Å². The number of nitrogen functional groups attached to an aromatic ring is 1. The Morgan fingerprint density at radius 1 is 1.17 bits per heavy atom. The van der Waals surface area contributed by atoms with Crippen LogP contribution in [0.2, 0.25) is 0 Å². The van der Waals surface area contributed by atoms with Crippen LogP contribution in [0.5, 0.6) is 5.75 Å². The zero-order valence-corrected chi connectivity index (χ0v) is 17.6. The molecule has 0 saturated heterocycles. The first-order chi connectivity index (χ1) is 14.6. The number of anilines is 1. The molecular formula is C23H27N5O2. The van der Waals surface area contributed by atoms with E-state index < -0.39 is 0 Å². The van der Waals surface area contributed by atoms with Crippen molar-refractivity contribution in [1.82, 2.24) is 19.5 Å². The van der Waals surface area contributed by atoms with Gasteiger partial charge in [0.1, 0.15) is 23.7 Å². The third-order valence-electron chi connectivity index (χ3n) is 4.96. The number of imidazole rings is 1. The summed E-state index contributed by atoms with van der Waals surface area (Å²) < 4.78 is 13.5. The van der Waals surface area contributed by atoms with Crippen molar-refractivity contribution in [3.05, 3.63) is 54.1 Å². The molecule has 4 aromatic rings. The highest BCUT2D eigenvalue weighted by Gasteiger charge is 2.18. The lowest BCUT2D eigenvalue weighted by Crippen LogP contribution is -2.10. The molecule has 156 valence electrons. The van der Waals surface area contributed by atoms with Gasteiger partial charge in [0.2, 0.25) is 0 Å². The maximum atomic E-state index is 6.31. The molecule has 2 N–H and O–H groups in total. The van der Waals surface area contributed by atoms with Gasteiger partial charge in [-0.05, 0) is 24.1 Å². The standard InChI is InChI=1S/C23H27N5O2/c1-15(2)13-28-20(8-10-29-3)27-21-22(28)18-7-6-17(11-19(18)26-23(21)24)30-14-16-5-4-9-25-12-16/h4-7,9,11-12,15H,8,10,13-14H2,1-3H3,(H2,24,26). The Morgan fingerprint density at radius 3 is 2.77 bits per heavy atom. The van der Waals surface area contributed by atoms with Crippen LogP contribution >= 0.6 is 0 Å². The third kappa shape index (κ3) is 4.07. The van der Waals surface area contributed by atoms with Crippen molar-refractivity contribution in [2.75, 3.05) is 19.5 Å². The number of hydrogen-bond acceptors (Lipinski definition) is 6. The highest BCUT2D eigenvalue weighted by molar-refractivity contribution is 6.06. The summed E-state index contributed by atoms with van der Waals surface area (Å²) in [4.78, 5) is 13.5. The lowest BCUT2D eigenvalue weighted by Gasteiger charge is -2.13. The molecule has 30 heavy (non-hydrogen) atoms. The van der Waals surface area contributed by atoms with Crippen LogP contribution < -0.4 is 10.5 Å². The Hall–Kier alpha value is -3.19. The van der Waals surface area contributed by atoms with Crippen molar-refractivity contribution in [2.45, 2.75) is 33.4 Å². The Kier molecular flexibility index (Phi) is 5.81. The van der Waals surface area contributed by atoms with Crippen LogP contribution in [0.3, 0.4) is 0 Å². The number of benzene rings is 1. The molecule has 0 bridgehead atoms. The van der Waals surface area contributed by atoms with Crippen molar-refractivity contribution in [3.63, 3.8) is 0 Å². The van der Waals surface area contributed by atoms with E-state index in [0.29, 0.717) is 24.9 Å². The summed E-state index contributed by atoms with van der Waals surface area (Å²) in [5.41, 5.74) is 9.89. The van der Waals surface area contributed by atoms with Crippen molar-refractivity contribution in [2.24, 2.45) is 5.92 Å². The normalized spacial score (nSPS) is 11.6. The molecule has 0 aliphatic heterocycles. The maximum absolute atomic E-state index is 6.31. The van der Waals surface area contributed by atoms with Crippen LogP contribution in [-0.4, -0.2) is 33.2 Å². The molecule has 0 saturated carbocycles. The van der Waals surface area contributed by atoms with E-state index in [4.69, 9.17) is 20.2 Å². The van der Waals surface area contributed by atoms with Crippen molar-refractivity contribution >= 4 is 27.8 Å². The molecule has 0 spiro atoms. The molecule has 3 aromatic heterocycles. The zero-order chi connectivity index (χ0) is 21.1. The fraction of sp³-hybridized carbons (Fsp3) is 0.348. The minimum absolute atomic E-state index is 0.433. The van der Waals surface area contributed by atoms with E-state index in [9.17, 15) is 0 Å². The van der Waals surface area contributed by atoms with Crippen LogP contribution in [0.4, 0.5) is 5.82 Å². The molecular weight excluding hydrogens is 378 g/mol. The average molecular weight is 406 g/mol. The fourth-order valence-corrected chi connectivity index (χ4v) is 3.62. The van der Waals surface area contributed by atoms with Crippen LogP contribution in [0.1, 0.15) is 25.2 Å².